The highest BCUT2D eigenvalue weighted by atomic mass is 35.5. The zero-order valence-electron chi connectivity index (χ0n) is 9.54. The van der Waals surface area contributed by atoms with Crippen molar-refractivity contribution in [3.63, 3.8) is 0 Å². The van der Waals surface area contributed by atoms with E-state index in [4.69, 9.17) is 27.9 Å². The predicted molar refractivity (Wildman–Crippen MR) is 65.9 cm³/mol. The van der Waals surface area contributed by atoms with Gasteiger partial charge in [-0.25, -0.2) is 4.98 Å². The smallest absolute Gasteiger partial charge is 0.417 e. The molecule has 1 aromatic heterocycles. The minimum absolute atomic E-state index is 0.00950. The van der Waals surface area contributed by atoms with Crippen molar-refractivity contribution in [2.24, 2.45) is 0 Å². The molecule has 3 nitrogen and oxygen atoms in total. The zero-order chi connectivity index (χ0) is 14.9. The highest BCUT2D eigenvalue weighted by Crippen LogP contribution is 2.37. The Kier molecular flexibility index (Phi) is 3.96. The summed E-state index contributed by atoms with van der Waals surface area (Å²) in [6.45, 7) is 0. The highest BCUT2D eigenvalue weighted by molar-refractivity contribution is 6.32. The van der Waals surface area contributed by atoms with Crippen molar-refractivity contribution < 1.29 is 23.0 Å². The van der Waals surface area contributed by atoms with Gasteiger partial charge >= 0.3 is 6.18 Å². The molecule has 1 radical (unpaired) electrons. The number of benzene rings is 1. The Bertz CT molecular complexity index is 647. The van der Waals surface area contributed by atoms with Crippen LogP contribution in [0.2, 0.25) is 10.0 Å². The maximum Gasteiger partial charge on any atom is 0.417 e. The lowest BCUT2D eigenvalue weighted by molar-refractivity contribution is -0.137. The third-order valence-corrected chi connectivity index (χ3v) is 2.81. The third kappa shape index (κ3) is 3.26. The Balaban J connectivity index is 2.30. The molecule has 0 fully saturated rings. The van der Waals surface area contributed by atoms with E-state index in [9.17, 15) is 18.3 Å². The molecule has 0 spiro atoms. The van der Waals surface area contributed by atoms with Crippen LogP contribution < -0.4 is 4.74 Å². The fourth-order valence-electron chi connectivity index (χ4n) is 1.32. The molecule has 0 aliphatic heterocycles. The van der Waals surface area contributed by atoms with Crippen LogP contribution in [0.1, 0.15) is 5.56 Å². The number of hydrogen-bond donors (Lipinski definition) is 0. The summed E-state index contributed by atoms with van der Waals surface area (Å²) in [5.74, 6) is -0.491. The van der Waals surface area contributed by atoms with Crippen molar-refractivity contribution in [1.29, 1.82) is 0 Å². The summed E-state index contributed by atoms with van der Waals surface area (Å²) < 4.78 is 42.5. The van der Waals surface area contributed by atoms with E-state index < -0.39 is 11.7 Å². The van der Waals surface area contributed by atoms with Gasteiger partial charge in [0.25, 0.3) is 0 Å². The maximum absolute atomic E-state index is 12.4. The largest absolute Gasteiger partial charge is 0.436 e. The second-order valence-electron chi connectivity index (χ2n) is 3.70. The van der Waals surface area contributed by atoms with E-state index in [2.05, 4.69) is 4.98 Å². The number of alkyl halides is 3. The average molecular weight is 323 g/mol. The molecule has 2 aromatic rings. The number of aromatic nitrogens is 1. The molecule has 0 saturated heterocycles. The summed E-state index contributed by atoms with van der Waals surface area (Å²) in [4.78, 5) is 3.49. The van der Waals surface area contributed by atoms with Crippen LogP contribution in [0.25, 0.3) is 0 Å². The minimum Gasteiger partial charge on any atom is -0.436 e. The van der Waals surface area contributed by atoms with Gasteiger partial charge in [0.05, 0.1) is 10.6 Å². The lowest BCUT2D eigenvalue weighted by Crippen LogP contribution is -2.05. The molecule has 20 heavy (non-hydrogen) atoms. The summed E-state index contributed by atoms with van der Waals surface area (Å²) >= 11 is 11.4. The van der Waals surface area contributed by atoms with Crippen molar-refractivity contribution in [3.8, 4) is 17.4 Å². The van der Waals surface area contributed by atoms with Crippen molar-refractivity contribution in [3.05, 3.63) is 46.1 Å². The lowest BCUT2D eigenvalue weighted by Gasteiger charge is -2.10. The van der Waals surface area contributed by atoms with E-state index >= 15 is 0 Å². The molecule has 1 aromatic carbocycles. The molecular formula is C12H5Cl2F3NO2. The van der Waals surface area contributed by atoms with Gasteiger partial charge in [-0.05, 0) is 18.2 Å². The van der Waals surface area contributed by atoms with Crippen LogP contribution in [0.5, 0.6) is 17.4 Å². The minimum atomic E-state index is -4.54. The molecule has 0 unspecified atom stereocenters. The number of rotatable bonds is 2. The molecular weight excluding hydrogens is 318 g/mol. The van der Waals surface area contributed by atoms with Crippen LogP contribution in [0.4, 0.5) is 13.2 Å². The number of pyridine rings is 1. The molecule has 2 rings (SSSR count). The van der Waals surface area contributed by atoms with Gasteiger partial charge in [-0.15, -0.1) is 0 Å². The Morgan fingerprint density at radius 2 is 1.80 bits per heavy atom. The first-order valence-corrected chi connectivity index (χ1v) is 5.90. The normalized spacial score (nSPS) is 11.4. The fraction of sp³-hybridized carbons (Fsp3) is 0.0833. The summed E-state index contributed by atoms with van der Waals surface area (Å²) in [6.07, 6.45) is -3.95. The molecule has 0 atom stereocenters. The Morgan fingerprint density at radius 3 is 2.35 bits per heavy atom. The number of ether oxygens (including phenoxy) is 1. The summed E-state index contributed by atoms with van der Waals surface area (Å²) in [5, 5.41) is 10.7. The molecule has 105 valence electrons. The average Bonchev–Trinajstić information content (AvgIpc) is 2.33. The molecule has 0 N–H and O–H groups in total. The van der Waals surface area contributed by atoms with E-state index in [0.717, 1.165) is 6.07 Å². The van der Waals surface area contributed by atoms with Gasteiger partial charge in [-0.1, -0.05) is 23.2 Å². The van der Waals surface area contributed by atoms with Gasteiger partial charge in [-0.2, -0.15) is 13.2 Å². The van der Waals surface area contributed by atoms with Gasteiger partial charge in [0, 0.05) is 12.3 Å². The second-order valence-corrected chi connectivity index (χ2v) is 4.52. The van der Waals surface area contributed by atoms with E-state index in [1.807, 2.05) is 0 Å². The predicted octanol–water partition coefficient (Wildman–Crippen LogP) is 5.34. The number of halogens is 5. The van der Waals surface area contributed by atoms with Crippen LogP contribution in [-0.4, -0.2) is 4.98 Å². The first kappa shape index (κ1) is 14.7. The van der Waals surface area contributed by atoms with Crippen molar-refractivity contribution in [2.75, 3.05) is 0 Å². The first-order chi connectivity index (χ1) is 9.27. The molecule has 0 amide bonds. The number of nitrogens with zero attached hydrogens (tertiary/aromatic N) is 1. The summed E-state index contributed by atoms with van der Waals surface area (Å²) in [6, 6.07) is 4.27. The van der Waals surface area contributed by atoms with E-state index in [0.29, 0.717) is 12.3 Å². The Labute approximate surface area is 121 Å². The van der Waals surface area contributed by atoms with Gasteiger partial charge < -0.3 is 4.74 Å². The fourth-order valence-corrected chi connectivity index (χ4v) is 1.74. The van der Waals surface area contributed by atoms with Gasteiger partial charge in [0.15, 0.2) is 5.75 Å². The molecule has 0 aliphatic rings. The van der Waals surface area contributed by atoms with Crippen LogP contribution in [-0.2, 0) is 11.3 Å². The quantitative estimate of drug-likeness (QED) is 0.748. The summed E-state index contributed by atoms with van der Waals surface area (Å²) in [7, 11) is 0. The SMILES string of the molecule is [O]c1ccc(Oc2ncc(C(F)(F)F)cc2Cl)c(Cl)c1. The lowest BCUT2D eigenvalue weighted by atomic mass is 10.3. The summed E-state index contributed by atoms with van der Waals surface area (Å²) in [5.41, 5.74) is -0.990. The van der Waals surface area contributed by atoms with Crippen molar-refractivity contribution >= 4 is 23.2 Å². The molecule has 1 heterocycles. The molecule has 0 aliphatic carbocycles. The standard InChI is InChI=1S/C12H5Cl2F3NO2/c13-8-4-7(19)1-2-10(8)20-11-9(14)3-6(5-18-11)12(15,16)17/h1-5H. The monoisotopic (exact) mass is 322 g/mol. The van der Waals surface area contributed by atoms with Crippen molar-refractivity contribution in [1.82, 2.24) is 4.98 Å². The van der Waals surface area contributed by atoms with Crippen LogP contribution in [0.15, 0.2) is 30.5 Å². The first-order valence-electron chi connectivity index (χ1n) is 5.14. The van der Waals surface area contributed by atoms with E-state index in [1.165, 1.54) is 12.1 Å². The van der Waals surface area contributed by atoms with Crippen LogP contribution in [0.3, 0.4) is 0 Å². The molecule has 8 heteroatoms. The van der Waals surface area contributed by atoms with Gasteiger partial charge in [-0.3, -0.25) is 5.11 Å². The second kappa shape index (κ2) is 5.38. The maximum atomic E-state index is 12.4. The molecule has 0 bridgehead atoms. The highest BCUT2D eigenvalue weighted by Gasteiger charge is 2.31. The third-order valence-electron chi connectivity index (χ3n) is 2.24. The molecule has 0 saturated carbocycles. The van der Waals surface area contributed by atoms with Crippen molar-refractivity contribution in [2.45, 2.75) is 6.18 Å². The number of hydrogen-bond acceptors (Lipinski definition) is 2. The van der Waals surface area contributed by atoms with E-state index in [1.54, 1.807) is 0 Å². The Hall–Kier alpha value is -1.66. The zero-order valence-corrected chi connectivity index (χ0v) is 11.1. The van der Waals surface area contributed by atoms with Crippen LogP contribution in [0, 0.1) is 0 Å². The van der Waals surface area contributed by atoms with Crippen LogP contribution >= 0.6 is 23.2 Å². The van der Waals surface area contributed by atoms with E-state index in [-0.39, 0.29) is 27.4 Å². The van der Waals surface area contributed by atoms with Gasteiger partial charge in [0.2, 0.25) is 5.88 Å². The Morgan fingerprint density at radius 1 is 1.10 bits per heavy atom. The van der Waals surface area contributed by atoms with Gasteiger partial charge in [0.1, 0.15) is 10.8 Å². The topological polar surface area (TPSA) is 42.0 Å².